The van der Waals surface area contributed by atoms with E-state index in [9.17, 15) is 4.79 Å². The molecule has 0 saturated carbocycles. The second-order valence-corrected chi connectivity index (χ2v) is 4.46. The number of halogens is 1. The molecule has 0 bridgehead atoms. The van der Waals surface area contributed by atoms with E-state index in [0.29, 0.717) is 9.21 Å². The Kier molecular flexibility index (Phi) is 3.51. The van der Waals surface area contributed by atoms with Gasteiger partial charge in [0, 0.05) is 26.4 Å². The van der Waals surface area contributed by atoms with Gasteiger partial charge in [0.05, 0.1) is 9.21 Å². The maximum absolute atomic E-state index is 11.4. The van der Waals surface area contributed by atoms with Gasteiger partial charge < -0.3 is 4.90 Å². The molecule has 1 rings (SSSR count). The summed E-state index contributed by atoms with van der Waals surface area (Å²) in [7, 11) is 3.73. The number of hydrogen-bond donors (Lipinski definition) is 0. The Hall–Kier alpha value is -0.800. The molecule has 0 unspecified atom stereocenters. The van der Waals surface area contributed by atoms with Gasteiger partial charge in [0.15, 0.2) is 5.78 Å². The molecule has 0 N–H and O–H groups in total. The van der Waals surface area contributed by atoms with E-state index in [-0.39, 0.29) is 5.78 Å². The first-order chi connectivity index (χ1) is 6.09. The highest BCUT2D eigenvalue weighted by Gasteiger charge is 2.04. The Bertz CT molecular complexity index is 330. The van der Waals surface area contributed by atoms with Gasteiger partial charge in [-0.25, -0.2) is 0 Å². The standard InChI is InChI=1S/C9H10ClNOS/c1-11(2)6-5-7(12)8-3-4-9(10)13-8/h3-6H,1-2H3. The number of hydrogen-bond acceptors (Lipinski definition) is 3. The predicted molar refractivity (Wildman–Crippen MR) is 56.5 cm³/mol. The monoisotopic (exact) mass is 215 g/mol. The third kappa shape index (κ3) is 3.20. The number of nitrogens with zero attached hydrogens (tertiary/aromatic N) is 1. The summed E-state index contributed by atoms with van der Waals surface area (Å²) in [6.45, 7) is 0. The molecule has 0 amide bonds. The van der Waals surface area contributed by atoms with Crippen LogP contribution in [0.1, 0.15) is 9.67 Å². The van der Waals surface area contributed by atoms with Gasteiger partial charge >= 0.3 is 0 Å². The molecular weight excluding hydrogens is 206 g/mol. The normalized spacial score (nSPS) is 10.7. The van der Waals surface area contributed by atoms with Gasteiger partial charge in [0.2, 0.25) is 0 Å². The fourth-order valence-corrected chi connectivity index (χ4v) is 1.71. The smallest absolute Gasteiger partial charge is 0.197 e. The van der Waals surface area contributed by atoms with Gasteiger partial charge in [0.1, 0.15) is 0 Å². The molecule has 70 valence electrons. The van der Waals surface area contributed by atoms with Crippen LogP contribution in [-0.2, 0) is 0 Å². The molecule has 4 heteroatoms. The quantitative estimate of drug-likeness (QED) is 0.571. The Balaban J connectivity index is 2.69. The van der Waals surface area contributed by atoms with Crippen LogP contribution in [0.15, 0.2) is 24.4 Å². The van der Waals surface area contributed by atoms with Crippen LogP contribution in [0, 0.1) is 0 Å². The zero-order valence-electron chi connectivity index (χ0n) is 7.45. The minimum Gasteiger partial charge on any atom is -0.383 e. The summed E-state index contributed by atoms with van der Waals surface area (Å²) in [5, 5.41) is 0. The molecular formula is C9H10ClNOS. The molecule has 0 atom stereocenters. The fraction of sp³-hybridized carbons (Fsp3) is 0.222. The molecule has 0 aliphatic rings. The van der Waals surface area contributed by atoms with Crippen molar-refractivity contribution in [3.05, 3.63) is 33.6 Å². The van der Waals surface area contributed by atoms with E-state index in [2.05, 4.69) is 0 Å². The van der Waals surface area contributed by atoms with Crippen LogP contribution >= 0.6 is 22.9 Å². The van der Waals surface area contributed by atoms with Gasteiger partial charge in [-0.2, -0.15) is 0 Å². The highest BCUT2D eigenvalue weighted by molar-refractivity contribution is 7.18. The lowest BCUT2D eigenvalue weighted by Crippen LogP contribution is -2.02. The van der Waals surface area contributed by atoms with Crippen molar-refractivity contribution in [1.29, 1.82) is 0 Å². The molecule has 0 radical (unpaired) electrons. The van der Waals surface area contributed by atoms with E-state index in [0.717, 1.165) is 0 Å². The predicted octanol–water partition coefficient (Wildman–Crippen LogP) is 2.66. The average molecular weight is 216 g/mol. The number of carbonyl (C=O) groups excluding carboxylic acids is 1. The topological polar surface area (TPSA) is 20.3 Å². The van der Waals surface area contributed by atoms with Gasteiger partial charge in [-0.3, -0.25) is 4.79 Å². The maximum Gasteiger partial charge on any atom is 0.197 e. The van der Waals surface area contributed by atoms with Crippen LogP contribution in [0.25, 0.3) is 0 Å². The summed E-state index contributed by atoms with van der Waals surface area (Å²) >= 11 is 6.99. The highest BCUT2D eigenvalue weighted by atomic mass is 35.5. The lowest BCUT2D eigenvalue weighted by Gasteiger charge is -2.01. The molecule has 1 aromatic heterocycles. The zero-order chi connectivity index (χ0) is 9.84. The Morgan fingerprint density at radius 1 is 1.54 bits per heavy atom. The maximum atomic E-state index is 11.4. The van der Waals surface area contributed by atoms with Crippen molar-refractivity contribution >= 4 is 28.7 Å². The van der Waals surface area contributed by atoms with Crippen LogP contribution in [0.3, 0.4) is 0 Å². The first kappa shape index (κ1) is 10.3. The van der Waals surface area contributed by atoms with Crippen molar-refractivity contribution in [3.63, 3.8) is 0 Å². The molecule has 0 aliphatic carbocycles. The van der Waals surface area contributed by atoms with Gasteiger partial charge in [-0.1, -0.05) is 11.6 Å². The van der Waals surface area contributed by atoms with Crippen LogP contribution in [-0.4, -0.2) is 24.8 Å². The van der Waals surface area contributed by atoms with Crippen molar-refractivity contribution in [1.82, 2.24) is 4.90 Å². The number of ketones is 1. The lowest BCUT2D eigenvalue weighted by molar-refractivity contribution is 0.104. The summed E-state index contributed by atoms with van der Waals surface area (Å²) in [4.78, 5) is 13.9. The Morgan fingerprint density at radius 2 is 2.23 bits per heavy atom. The molecule has 0 saturated heterocycles. The molecule has 2 nitrogen and oxygen atoms in total. The van der Waals surface area contributed by atoms with Gasteiger partial charge in [-0.15, -0.1) is 11.3 Å². The van der Waals surface area contributed by atoms with E-state index < -0.39 is 0 Å². The summed E-state index contributed by atoms with van der Waals surface area (Å²) in [5.41, 5.74) is 0. The molecule has 13 heavy (non-hydrogen) atoms. The first-order valence-corrected chi connectivity index (χ1v) is 4.93. The second kappa shape index (κ2) is 4.44. The zero-order valence-corrected chi connectivity index (χ0v) is 9.02. The number of rotatable bonds is 3. The van der Waals surface area contributed by atoms with E-state index in [1.807, 2.05) is 19.0 Å². The van der Waals surface area contributed by atoms with E-state index >= 15 is 0 Å². The third-order valence-corrected chi connectivity index (χ3v) is 2.59. The SMILES string of the molecule is CN(C)C=CC(=O)c1ccc(Cl)s1. The molecule has 0 aliphatic heterocycles. The Labute approximate surface area is 86.4 Å². The number of allylic oxidation sites excluding steroid dienone is 1. The number of carbonyl (C=O) groups is 1. The van der Waals surface area contributed by atoms with Crippen molar-refractivity contribution in [2.75, 3.05) is 14.1 Å². The first-order valence-electron chi connectivity index (χ1n) is 3.74. The fourth-order valence-electron chi connectivity index (χ4n) is 0.746. The van der Waals surface area contributed by atoms with Crippen LogP contribution in [0.2, 0.25) is 4.34 Å². The Morgan fingerprint density at radius 3 is 2.69 bits per heavy atom. The minimum absolute atomic E-state index is 0.00870. The second-order valence-electron chi connectivity index (χ2n) is 2.75. The van der Waals surface area contributed by atoms with Crippen molar-refractivity contribution in [3.8, 4) is 0 Å². The van der Waals surface area contributed by atoms with Crippen molar-refractivity contribution in [2.24, 2.45) is 0 Å². The van der Waals surface area contributed by atoms with E-state index in [1.54, 1.807) is 18.3 Å². The lowest BCUT2D eigenvalue weighted by atomic mass is 10.3. The van der Waals surface area contributed by atoms with Crippen molar-refractivity contribution in [2.45, 2.75) is 0 Å². The van der Waals surface area contributed by atoms with Crippen molar-refractivity contribution < 1.29 is 4.79 Å². The van der Waals surface area contributed by atoms with E-state index in [4.69, 9.17) is 11.6 Å². The summed E-state index contributed by atoms with van der Waals surface area (Å²) in [5.74, 6) is -0.00870. The minimum atomic E-state index is -0.00870. The number of thiophene rings is 1. The largest absolute Gasteiger partial charge is 0.383 e. The summed E-state index contributed by atoms with van der Waals surface area (Å²) in [6, 6.07) is 3.46. The van der Waals surface area contributed by atoms with Crippen LogP contribution in [0.4, 0.5) is 0 Å². The molecule has 1 heterocycles. The van der Waals surface area contributed by atoms with Crippen LogP contribution in [0.5, 0.6) is 0 Å². The average Bonchev–Trinajstić information content (AvgIpc) is 2.47. The molecule has 1 aromatic rings. The molecule has 0 aromatic carbocycles. The molecule has 0 spiro atoms. The van der Waals surface area contributed by atoms with Gasteiger partial charge in [0.25, 0.3) is 0 Å². The van der Waals surface area contributed by atoms with Crippen LogP contribution < -0.4 is 0 Å². The summed E-state index contributed by atoms with van der Waals surface area (Å²) in [6.07, 6.45) is 3.25. The highest BCUT2D eigenvalue weighted by Crippen LogP contribution is 2.21. The van der Waals surface area contributed by atoms with Gasteiger partial charge in [-0.05, 0) is 12.1 Å². The molecule has 0 fully saturated rings. The van der Waals surface area contributed by atoms with E-state index in [1.165, 1.54) is 17.4 Å². The summed E-state index contributed by atoms with van der Waals surface area (Å²) < 4.78 is 0.640. The third-order valence-electron chi connectivity index (χ3n) is 1.34.